The first-order chi connectivity index (χ1) is 15.8. The van der Waals surface area contributed by atoms with Gasteiger partial charge in [0.15, 0.2) is 6.61 Å². The highest BCUT2D eigenvalue weighted by atomic mass is 19.1. The first-order valence-corrected chi connectivity index (χ1v) is 10.7. The number of Topliss-reactive ketones (excluding diaryl/α,β-unsaturated/α-hetero) is 1. The van der Waals surface area contributed by atoms with Gasteiger partial charge < -0.3 is 13.9 Å². The molecule has 2 heterocycles. The van der Waals surface area contributed by atoms with E-state index in [0.717, 1.165) is 28.5 Å². The number of ether oxygens (including phenoxy) is 1. The maximum Gasteiger partial charge on any atom is 0.340 e. The average Bonchev–Trinajstić information content (AvgIpc) is 3.27. The van der Waals surface area contributed by atoms with Gasteiger partial charge in [-0.05, 0) is 76.2 Å². The second kappa shape index (κ2) is 8.90. The summed E-state index contributed by atoms with van der Waals surface area (Å²) in [6, 6.07) is 19.4. The van der Waals surface area contributed by atoms with Crippen LogP contribution in [0.3, 0.4) is 0 Å². The van der Waals surface area contributed by atoms with Gasteiger partial charge in [-0.1, -0.05) is 18.2 Å². The van der Waals surface area contributed by atoms with Crippen LogP contribution >= 0.6 is 0 Å². The molecule has 0 aliphatic carbocycles. The van der Waals surface area contributed by atoms with Crippen LogP contribution in [0.2, 0.25) is 0 Å². The Balaban J connectivity index is 1.52. The van der Waals surface area contributed by atoms with Crippen LogP contribution in [-0.2, 0) is 4.74 Å². The molecule has 4 aromatic rings. The lowest BCUT2D eigenvalue weighted by atomic mass is 10.1. The van der Waals surface area contributed by atoms with Gasteiger partial charge in [0, 0.05) is 39.7 Å². The number of hydrogen-bond donors (Lipinski definition) is 0. The summed E-state index contributed by atoms with van der Waals surface area (Å²) in [6.45, 7) is 7.11. The number of aryl methyl sites for hydroxylation is 2. The van der Waals surface area contributed by atoms with Gasteiger partial charge in [0.2, 0.25) is 5.78 Å². The maximum atomic E-state index is 13.3. The Bertz CT molecular complexity index is 1330. The topological polar surface area (TPSA) is 53.2 Å². The molecule has 0 spiro atoms. The van der Waals surface area contributed by atoms with Crippen LogP contribution in [0.5, 0.6) is 0 Å². The van der Waals surface area contributed by atoms with Gasteiger partial charge in [0.25, 0.3) is 0 Å². The zero-order valence-corrected chi connectivity index (χ0v) is 19.1. The molecule has 0 atom stereocenters. The second-order valence-electron chi connectivity index (χ2n) is 8.05. The van der Waals surface area contributed by atoms with Gasteiger partial charge in [-0.3, -0.25) is 4.79 Å². The van der Waals surface area contributed by atoms with Gasteiger partial charge in [0.1, 0.15) is 5.82 Å². The molecule has 5 nitrogen and oxygen atoms in total. The predicted octanol–water partition coefficient (Wildman–Crippen LogP) is 5.68. The lowest BCUT2D eigenvalue weighted by molar-refractivity contribution is 0.0474. The van der Waals surface area contributed by atoms with Gasteiger partial charge in [0.05, 0.1) is 5.56 Å². The lowest BCUT2D eigenvalue weighted by Crippen LogP contribution is -2.15. The zero-order chi connectivity index (χ0) is 23.7. The van der Waals surface area contributed by atoms with Gasteiger partial charge in [-0.2, -0.15) is 0 Å². The van der Waals surface area contributed by atoms with Crippen LogP contribution in [0, 0.1) is 33.5 Å². The number of aromatic nitrogens is 2. The van der Waals surface area contributed by atoms with Gasteiger partial charge in [-0.25, -0.2) is 9.18 Å². The van der Waals surface area contributed by atoms with Gasteiger partial charge in [-0.15, -0.1) is 0 Å². The molecule has 6 heteroatoms. The zero-order valence-electron chi connectivity index (χ0n) is 19.1. The SMILES string of the molecule is Cc1cc(C(=O)COC(=O)c2cc(C)n(-c3ccccc3)c2C)c(C)n1-c1ccc(F)cc1. The molecule has 2 aromatic carbocycles. The van der Waals surface area contributed by atoms with Crippen molar-refractivity contribution in [3.05, 3.63) is 106 Å². The molecule has 0 bridgehead atoms. The average molecular weight is 445 g/mol. The van der Waals surface area contributed by atoms with E-state index in [0.29, 0.717) is 16.8 Å². The third-order valence-electron chi connectivity index (χ3n) is 5.82. The van der Waals surface area contributed by atoms with Crippen LogP contribution < -0.4 is 0 Å². The monoisotopic (exact) mass is 444 g/mol. The molecular formula is C27H25FN2O3. The first-order valence-electron chi connectivity index (χ1n) is 10.7. The molecule has 0 unspecified atom stereocenters. The van der Waals surface area contributed by atoms with Crippen LogP contribution in [0.4, 0.5) is 4.39 Å². The Kier molecular flexibility index (Phi) is 6.01. The molecule has 0 fully saturated rings. The second-order valence-corrected chi connectivity index (χ2v) is 8.05. The number of esters is 1. The van der Waals surface area contributed by atoms with Crippen molar-refractivity contribution < 1.29 is 18.7 Å². The number of rotatable bonds is 6. The van der Waals surface area contributed by atoms with Crippen LogP contribution in [0.25, 0.3) is 11.4 Å². The maximum absolute atomic E-state index is 13.3. The summed E-state index contributed by atoms with van der Waals surface area (Å²) in [6.07, 6.45) is 0. The minimum atomic E-state index is -0.536. The van der Waals surface area contributed by atoms with Crippen molar-refractivity contribution in [3.63, 3.8) is 0 Å². The molecule has 4 rings (SSSR count). The number of para-hydroxylation sites is 1. The minimum Gasteiger partial charge on any atom is -0.454 e. The van der Waals surface area contributed by atoms with Crippen LogP contribution in [0.15, 0.2) is 66.7 Å². The van der Waals surface area contributed by atoms with E-state index < -0.39 is 5.97 Å². The van der Waals surface area contributed by atoms with Crippen molar-refractivity contribution in [2.75, 3.05) is 6.61 Å². The molecule has 0 amide bonds. The standard InChI is InChI=1S/C27H25FN2O3/c1-17-14-24(19(3)29(17)23-12-10-21(28)11-13-23)26(31)16-33-27(32)25-15-18(2)30(20(25)4)22-8-6-5-7-9-22/h5-15H,16H2,1-4H3. The number of ketones is 1. The summed E-state index contributed by atoms with van der Waals surface area (Å²) in [4.78, 5) is 25.7. The Labute approximate surface area is 192 Å². The van der Waals surface area contributed by atoms with Gasteiger partial charge >= 0.3 is 5.97 Å². The summed E-state index contributed by atoms with van der Waals surface area (Å²) in [7, 11) is 0. The largest absolute Gasteiger partial charge is 0.454 e. The number of halogens is 1. The van der Waals surface area contributed by atoms with E-state index in [1.54, 1.807) is 24.3 Å². The lowest BCUT2D eigenvalue weighted by Gasteiger charge is -2.10. The summed E-state index contributed by atoms with van der Waals surface area (Å²) in [5.74, 6) is -1.15. The highest BCUT2D eigenvalue weighted by Crippen LogP contribution is 2.23. The first kappa shape index (κ1) is 22.3. The van der Waals surface area contributed by atoms with Crippen molar-refractivity contribution in [3.8, 4) is 11.4 Å². The van der Waals surface area contributed by atoms with E-state index in [1.807, 2.05) is 67.2 Å². The fraction of sp³-hybridized carbons (Fsp3) is 0.185. The summed E-state index contributed by atoms with van der Waals surface area (Å²) < 4.78 is 22.5. The number of nitrogens with zero attached hydrogens (tertiary/aromatic N) is 2. The fourth-order valence-electron chi connectivity index (χ4n) is 4.26. The normalized spacial score (nSPS) is 10.9. The quantitative estimate of drug-likeness (QED) is 0.284. The van der Waals surface area contributed by atoms with E-state index >= 15 is 0 Å². The molecule has 0 N–H and O–H groups in total. The van der Waals surface area contributed by atoms with E-state index in [9.17, 15) is 14.0 Å². The van der Waals surface area contributed by atoms with E-state index in [-0.39, 0.29) is 18.2 Å². The summed E-state index contributed by atoms with van der Waals surface area (Å²) in [5, 5.41) is 0. The van der Waals surface area contributed by atoms with E-state index in [2.05, 4.69) is 0 Å². The van der Waals surface area contributed by atoms with Crippen molar-refractivity contribution in [1.82, 2.24) is 9.13 Å². The fourth-order valence-corrected chi connectivity index (χ4v) is 4.26. The molecule has 33 heavy (non-hydrogen) atoms. The molecule has 0 saturated heterocycles. The number of carbonyl (C=O) groups is 2. The van der Waals surface area contributed by atoms with Crippen molar-refractivity contribution >= 4 is 11.8 Å². The Morgan fingerprint density at radius 1 is 0.758 bits per heavy atom. The number of benzene rings is 2. The molecule has 2 aromatic heterocycles. The highest BCUT2D eigenvalue weighted by Gasteiger charge is 2.21. The smallest absolute Gasteiger partial charge is 0.340 e. The molecule has 0 radical (unpaired) electrons. The molecular weight excluding hydrogens is 419 g/mol. The number of carbonyl (C=O) groups excluding carboxylic acids is 2. The third kappa shape index (κ3) is 4.24. The van der Waals surface area contributed by atoms with Crippen molar-refractivity contribution in [2.45, 2.75) is 27.7 Å². The number of hydrogen-bond acceptors (Lipinski definition) is 3. The summed E-state index contributed by atoms with van der Waals surface area (Å²) >= 11 is 0. The van der Waals surface area contributed by atoms with Crippen molar-refractivity contribution in [2.24, 2.45) is 0 Å². The molecule has 0 aliphatic rings. The predicted molar refractivity (Wildman–Crippen MR) is 125 cm³/mol. The molecule has 0 saturated carbocycles. The van der Waals surface area contributed by atoms with Crippen molar-refractivity contribution in [1.29, 1.82) is 0 Å². The Morgan fingerprint density at radius 2 is 1.27 bits per heavy atom. The molecule has 0 aliphatic heterocycles. The van der Waals surface area contributed by atoms with Crippen LogP contribution in [0.1, 0.15) is 43.5 Å². The summed E-state index contributed by atoms with van der Waals surface area (Å²) in [5.41, 5.74) is 5.82. The highest BCUT2D eigenvalue weighted by molar-refractivity contribution is 6.01. The van der Waals surface area contributed by atoms with E-state index in [1.165, 1.54) is 12.1 Å². The minimum absolute atomic E-state index is 0.290. The van der Waals surface area contributed by atoms with Crippen LogP contribution in [-0.4, -0.2) is 27.5 Å². The van der Waals surface area contributed by atoms with E-state index in [4.69, 9.17) is 4.74 Å². The molecule has 168 valence electrons. The Hall–Kier alpha value is -3.93. The Morgan fingerprint density at radius 3 is 1.88 bits per heavy atom. The third-order valence-corrected chi connectivity index (χ3v) is 5.82.